The topological polar surface area (TPSA) is 61.8 Å². The fraction of sp³-hybridized carbons (Fsp3) is 0.905. The fourth-order valence-electron chi connectivity index (χ4n) is 7.50. The Kier molecular flexibility index (Phi) is 3.66. The summed E-state index contributed by atoms with van der Waals surface area (Å²) in [7, 11) is 0. The summed E-state index contributed by atoms with van der Waals surface area (Å²) in [4.78, 5) is 24.8. The molecule has 5 fully saturated rings. The highest BCUT2D eigenvalue weighted by molar-refractivity contribution is 5.76. The normalized spacial score (nSPS) is 52.1. The Bertz CT molecular complexity index is 626. The Morgan fingerprint density at radius 2 is 1.73 bits per heavy atom. The summed E-state index contributed by atoms with van der Waals surface area (Å²) in [6, 6.07) is 0. The molecule has 2 saturated heterocycles. The molecule has 1 spiro atoms. The second-order valence-corrected chi connectivity index (χ2v) is 9.76. The van der Waals surface area contributed by atoms with E-state index in [0.717, 1.165) is 44.9 Å². The smallest absolute Gasteiger partial charge is 0.309 e. The highest BCUT2D eigenvalue weighted by atomic mass is 16.7. The molecule has 3 aliphatic carbocycles. The lowest BCUT2D eigenvalue weighted by atomic mass is 9.49. The molecule has 7 atom stereocenters. The molecule has 26 heavy (non-hydrogen) atoms. The zero-order chi connectivity index (χ0) is 18.2. The predicted molar refractivity (Wildman–Crippen MR) is 93.1 cm³/mol. The standard InChI is InChI=1S/C21H30O5/c1-19(6-3-13-11-17(19)18(23)26-13)15-4-7-20(2)16(14(15)12-22)5-8-21(20)24-9-10-25-21/h12-17H,3-11H2,1-2H3/t13-,14+,15-,16-,17+,19+,20-/m0/s1. The number of fused-ring (bicyclic) bond motifs is 4. The monoisotopic (exact) mass is 362 g/mol. The summed E-state index contributed by atoms with van der Waals surface area (Å²) >= 11 is 0. The molecule has 0 radical (unpaired) electrons. The Hall–Kier alpha value is -0.940. The van der Waals surface area contributed by atoms with Crippen LogP contribution in [0, 0.1) is 34.5 Å². The molecule has 144 valence electrons. The molecule has 0 aromatic rings. The van der Waals surface area contributed by atoms with E-state index in [9.17, 15) is 9.59 Å². The van der Waals surface area contributed by atoms with Gasteiger partial charge in [0.05, 0.1) is 19.1 Å². The number of aldehydes is 1. The number of hydrogen-bond acceptors (Lipinski definition) is 5. The molecule has 0 aromatic carbocycles. The third-order valence-corrected chi connectivity index (χ3v) is 9.00. The molecule has 0 amide bonds. The maximum absolute atomic E-state index is 12.5. The van der Waals surface area contributed by atoms with E-state index in [4.69, 9.17) is 14.2 Å². The van der Waals surface area contributed by atoms with E-state index >= 15 is 0 Å². The molecule has 5 heteroatoms. The number of rotatable bonds is 2. The van der Waals surface area contributed by atoms with Crippen LogP contribution in [0.3, 0.4) is 0 Å². The predicted octanol–water partition coefficient (Wildman–Crippen LogP) is 3.10. The summed E-state index contributed by atoms with van der Waals surface area (Å²) in [5, 5.41) is 0. The van der Waals surface area contributed by atoms with Gasteiger partial charge in [-0.15, -0.1) is 0 Å². The van der Waals surface area contributed by atoms with E-state index in [1.165, 1.54) is 6.29 Å². The van der Waals surface area contributed by atoms with Gasteiger partial charge in [-0.2, -0.15) is 0 Å². The molecule has 5 nitrogen and oxygen atoms in total. The fourth-order valence-corrected chi connectivity index (χ4v) is 7.50. The van der Waals surface area contributed by atoms with Gasteiger partial charge >= 0.3 is 5.97 Å². The first kappa shape index (κ1) is 17.2. The summed E-state index contributed by atoms with van der Waals surface area (Å²) < 4.78 is 17.8. The highest BCUT2D eigenvalue weighted by Crippen LogP contribution is 2.66. The van der Waals surface area contributed by atoms with Gasteiger partial charge in [-0.05, 0) is 55.8 Å². The van der Waals surface area contributed by atoms with Crippen LogP contribution in [0.15, 0.2) is 0 Å². The van der Waals surface area contributed by atoms with Crippen molar-refractivity contribution in [3.05, 3.63) is 0 Å². The van der Waals surface area contributed by atoms with Crippen LogP contribution in [-0.4, -0.2) is 37.4 Å². The maximum Gasteiger partial charge on any atom is 0.309 e. The van der Waals surface area contributed by atoms with Crippen LogP contribution in [0.2, 0.25) is 0 Å². The molecular formula is C21H30O5. The molecule has 0 unspecified atom stereocenters. The minimum Gasteiger partial charge on any atom is -0.462 e. The SMILES string of the molecule is C[C@]1([C@H]2CC[C@@]3(C)[C@@H](CCC34OCCO4)[C@@H]2C=O)CC[C@H]2C[C@@H]1C(=O)O2. The largest absolute Gasteiger partial charge is 0.462 e. The molecule has 2 aliphatic heterocycles. The summed E-state index contributed by atoms with van der Waals surface area (Å²) in [6.45, 7) is 5.83. The van der Waals surface area contributed by atoms with E-state index < -0.39 is 5.79 Å². The van der Waals surface area contributed by atoms with Crippen LogP contribution in [0.5, 0.6) is 0 Å². The van der Waals surface area contributed by atoms with Crippen LogP contribution in [0.25, 0.3) is 0 Å². The lowest BCUT2D eigenvalue weighted by Crippen LogP contribution is -2.55. The number of esters is 1. The number of carbonyl (C=O) groups is 2. The minimum absolute atomic E-state index is 0.0177. The van der Waals surface area contributed by atoms with Crippen molar-refractivity contribution in [2.24, 2.45) is 34.5 Å². The minimum atomic E-state index is -0.491. The summed E-state index contributed by atoms with van der Waals surface area (Å²) in [6.07, 6.45) is 7.92. The van der Waals surface area contributed by atoms with Crippen LogP contribution < -0.4 is 0 Å². The van der Waals surface area contributed by atoms with Crippen molar-refractivity contribution in [3.8, 4) is 0 Å². The molecule has 3 saturated carbocycles. The number of ether oxygens (including phenoxy) is 3. The molecule has 5 rings (SSSR count). The number of carbonyl (C=O) groups excluding carboxylic acids is 2. The lowest BCUT2D eigenvalue weighted by Gasteiger charge is -2.55. The van der Waals surface area contributed by atoms with Crippen LogP contribution in [0.1, 0.15) is 58.8 Å². The summed E-state index contributed by atoms with van der Waals surface area (Å²) in [5.74, 6) is -0.0361. The average Bonchev–Trinajstić information content (AvgIpc) is 3.31. The zero-order valence-electron chi connectivity index (χ0n) is 15.9. The zero-order valence-corrected chi connectivity index (χ0v) is 15.9. The second-order valence-electron chi connectivity index (χ2n) is 9.76. The van der Waals surface area contributed by atoms with Gasteiger partial charge in [0.25, 0.3) is 0 Å². The Balaban J connectivity index is 1.48. The quantitative estimate of drug-likeness (QED) is 0.558. The molecule has 5 aliphatic rings. The first-order chi connectivity index (χ1) is 12.4. The third-order valence-electron chi connectivity index (χ3n) is 9.00. The molecule has 0 N–H and O–H groups in total. The van der Waals surface area contributed by atoms with Crippen molar-refractivity contribution in [2.75, 3.05) is 13.2 Å². The number of hydrogen-bond donors (Lipinski definition) is 0. The Morgan fingerprint density at radius 1 is 1.00 bits per heavy atom. The first-order valence-electron chi connectivity index (χ1n) is 10.4. The molecule has 2 bridgehead atoms. The van der Waals surface area contributed by atoms with Gasteiger partial charge in [0.1, 0.15) is 12.4 Å². The van der Waals surface area contributed by atoms with E-state index in [2.05, 4.69) is 13.8 Å². The molecular weight excluding hydrogens is 332 g/mol. The van der Waals surface area contributed by atoms with Crippen LogP contribution >= 0.6 is 0 Å². The van der Waals surface area contributed by atoms with Gasteiger partial charge in [0.2, 0.25) is 0 Å². The maximum atomic E-state index is 12.5. The van der Waals surface area contributed by atoms with Crippen molar-refractivity contribution < 1.29 is 23.8 Å². The van der Waals surface area contributed by atoms with Gasteiger partial charge in [-0.1, -0.05) is 13.8 Å². The van der Waals surface area contributed by atoms with Crippen molar-refractivity contribution in [3.63, 3.8) is 0 Å². The van der Waals surface area contributed by atoms with E-state index in [-0.39, 0.29) is 46.6 Å². The van der Waals surface area contributed by atoms with Gasteiger partial charge in [-0.25, -0.2) is 0 Å². The summed E-state index contributed by atoms with van der Waals surface area (Å²) in [5.41, 5.74) is -0.223. The van der Waals surface area contributed by atoms with Gasteiger partial charge in [-0.3, -0.25) is 4.79 Å². The molecule has 0 aromatic heterocycles. The van der Waals surface area contributed by atoms with Gasteiger partial charge in [0.15, 0.2) is 5.79 Å². The van der Waals surface area contributed by atoms with Crippen molar-refractivity contribution in [1.82, 2.24) is 0 Å². The van der Waals surface area contributed by atoms with Crippen LogP contribution in [-0.2, 0) is 23.8 Å². The van der Waals surface area contributed by atoms with Gasteiger partial charge < -0.3 is 19.0 Å². The van der Waals surface area contributed by atoms with Crippen molar-refractivity contribution >= 4 is 12.3 Å². The molecule has 2 heterocycles. The lowest BCUT2D eigenvalue weighted by molar-refractivity contribution is -0.241. The Morgan fingerprint density at radius 3 is 2.46 bits per heavy atom. The van der Waals surface area contributed by atoms with Crippen LogP contribution in [0.4, 0.5) is 0 Å². The van der Waals surface area contributed by atoms with Crippen molar-refractivity contribution in [1.29, 1.82) is 0 Å². The highest BCUT2D eigenvalue weighted by Gasteiger charge is 2.67. The average molecular weight is 362 g/mol. The third kappa shape index (κ3) is 1.99. The van der Waals surface area contributed by atoms with E-state index in [1.807, 2.05) is 0 Å². The van der Waals surface area contributed by atoms with E-state index in [0.29, 0.717) is 13.2 Å². The van der Waals surface area contributed by atoms with E-state index in [1.54, 1.807) is 0 Å². The van der Waals surface area contributed by atoms with Crippen molar-refractivity contribution in [2.45, 2.75) is 70.7 Å². The second kappa shape index (κ2) is 5.54. The Labute approximate surface area is 155 Å². The first-order valence-corrected chi connectivity index (χ1v) is 10.4. The van der Waals surface area contributed by atoms with Gasteiger partial charge in [0, 0.05) is 17.8 Å².